The van der Waals surface area contributed by atoms with Crippen molar-refractivity contribution >= 4 is 17.3 Å². The highest BCUT2D eigenvalue weighted by molar-refractivity contribution is 5.96. The van der Waals surface area contributed by atoms with Gasteiger partial charge in [-0.25, -0.2) is 0 Å². The van der Waals surface area contributed by atoms with Crippen molar-refractivity contribution in [3.05, 3.63) is 18.2 Å². The van der Waals surface area contributed by atoms with Gasteiger partial charge in [-0.15, -0.1) is 0 Å². The number of anilines is 2. The molecule has 0 bridgehead atoms. The van der Waals surface area contributed by atoms with Crippen LogP contribution in [0.25, 0.3) is 0 Å². The zero-order valence-electron chi connectivity index (χ0n) is 7.95. The van der Waals surface area contributed by atoms with Crippen LogP contribution in [0.15, 0.2) is 18.2 Å². The van der Waals surface area contributed by atoms with Gasteiger partial charge in [0, 0.05) is 26.1 Å². The van der Waals surface area contributed by atoms with E-state index in [1.807, 2.05) is 0 Å². The number of nitrogens with zero attached hydrogens (tertiary/aromatic N) is 1. The normalized spacial score (nSPS) is 14.5. The van der Waals surface area contributed by atoms with Gasteiger partial charge >= 0.3 is 0 Å². The molecule has 0 unspecified atom stereocenters. The van der Waals surface area contributed by atoms with Gasteiger partial charge in [0.1, 0.15) is 5.75 Å². The average molecular weight is 192 g/mol. The summed E-state index contributed by atoms with van der Waals surface area (Å²) in [5.41, 5.74) is 1.65. The highest BCUT2D eigenvalue weighted by atomic mass is 16.3. The number of fused-ring (bicyclic) bond motifs is 1. The highest BCUT2D eigenvalue weighted by Gasteiger charge is 2.19. The number of amides is 1. The molecule has 0 saturated carbocycles. The molecule has 2 rings (SSSR count). The SMILES string of the molecule is CC(=O)N1CCNc2ccc(O)cc21. The number of aromatic hydroxyl groups is 1. The summed E-state index contributed by atoms with van der Waals surface area (Å²) in [5.74, 6) is 0.178. The first-order chi connectivity index (χ1) is 6.68. The molecule has 0 atom stereocenters. The maximum absolute atomic E-state index is 11.3. The largest absolute Gasteiger partial charge is 0.508 e. The summed E-state index contributed by atoms with van der Waals surface area (Å²) in [7, 11) is 0. The van der Waals surface area contributed by atoms with Crippen molar-refractivity contribution in [2.45, 2.75) is 6.92 Å². The third-order valence-corrected chi connectivity index (χ3v) is 2.30. The molecule has 74 valence electrons. The molecule has 1 aromatic rings. The third-order valence-electron chi connectivity index (χ3n) is 2.30. The topological polar surface area (TPSA) is 52.6 Å². The fourth-order valence-corrected chi connectivity index (χ4v) is 1.64. The molecule has 4 heteroatoms. The van der Waals surface area contributed by atoms with E-state index in [0.717, 1.165) is 17.9 Å². The Labute approximate surface area is 82.2 Å². The van der Waals surface area contributed by atoms with Crippen molar-refractivity contribution in [1.82, 2.24) is 0 Å². The maximum Gasteiger partial charge on any atom is 0.223 e. The molecular weight excluding hydrogens is 180 g/mol. The molecule has 0 aliphatic carbocycles. The van der Waals surface area contributed by atoms with Gasteiger partial charge in [0.05, 0.1) is 11.4 Å². The number of rotatable bonds is 0. The fourth-order valence-electron chi connectivity index (χ4n) is 1.64. The van der Waals surface area contributed by atoms with Gasteiger partial charge in [0.25, 0.3) is 0 Å². The van der Waals surface area contributed by atoms with Crippen LogP contribution in [-0.2, 0) is 4.79 Å². The highest BCUT2D eigenvalue weighted by Crippen LogP contribution is 2.32. The Morgan fingerprint density at radius 1 is 1.57 bits per heavy atom. The van der Waals surface area contributed by atoms with E-state index < -0.39 is 0 Å². The van der Waals surface area contributed by atoms with E-state index in [4.69, 9.17) is 0 Å². The standard InChI is InChI=1S/C10H12N2O2/c1-7(13)12-5-4-11-9-3-2-8(14)6-10(9)12/h2-3,6,11,14H,4-5H2,1H3. The van der Waals surface area contributed by atoms with Crippen LogP contribution in [0.4, 0.5) is 11.4 Å². The number of phenols is 1. The van der Waals surface area contributed by atoms with Crippen molar-refractivity contribution in [3.8, 4) is 5.75 Å². The zero-order chi connectivity index (χ0) is 10.1. The molecule has 4 nitrogen and oxygen atoms in total. The van der Waals surface area contributed by atoms with Crippen LogP contribution in [-0.4, -0.2) is 24.1 Å². The van der Waals surface area contributed by atoms with Gasteiger partial charge in [-0.2, -0.15) is 0 Å². The number of carbonyl (C=O) groups excluding carboxylic acids is 1. The van der Waals surface area contributed by atoms with Crippen LogP contribution < -0.4 is 10.2 Å². The van der Waals surface area contributed by atoms with E-state index in [9.17, 15) is 9.90 Å². The van der Waals surface area contributed by atoms with E-state index in [-0.39, 0.29) is 11.7 Å². The minimum absolute atomic E-state index is 0.00153. The van der Waals surface area contributed by atoms with Crippen molar-refractivity contribution in [2.24, 2.45) is 0 Å². The molecule has 0 fully saturated rings. The monoisotopic (exact) mass is 192 g/mol. The van der Waals surface area contributed by atoms with Gasteiger partial charge in [0.15, 0.2) is 0 Å². The van der Waals surface area contributed by atoms with Gasteiger partial charge < -0.3 is 15.3 Å². The van der Waals surface area contributed by atoms with Crippen LogP contribution in [0.5, 0.6) is 5.75 Å². The van der Waals surface area contributed by atoms with Gasteiger partial charge in [-0.1, -0.05) is 0 Å². The lowest BCUT2D eigenvalue weighted by molar-refractivity contribution is -0.116. The van der Waals surface area contributed by atoms with Gasteiger partial charge in [-0.3, -0.25) is 4.79 Å². The van der Waals surface area contributed by atoms with E-state index in [0.29, 0.717) is 6.54 Å². The first-order valence-electron chi connectivity index (χ1n) is 4.53. The Bertz CT molecular complexity index is 376. The summed E-state index contributed by atoms with van der Waals surface area (Å²) in [6.45, 7) is 2.92. The van der Waals surface area contributed by atoms with E-state index >= 15 is 0 Å². The molecule has 0 aromatic heterocycles. The van der Waals surface area contributed by atoms with Gasteiger partial charge in [0.2, 0.25) is 5.91 Å². The maximum atomic E-state index is 11.3. The second-order valence-corrected chi connectivity index (χ2v) is 3.30. The summed E-state index contributed by atoms with van der Waals surface area (Å²) in [4.78, 5) is 12.9. The second kappa shape index (κ2) is 3.21. The molecule has 1 amide bonds. The van der Waals surface area contributed by atoms with Crippen molar-refractivity contribution in [3.63, 3.8) is 0 Å². The van der Waals surface area contributed by atoms with E-state index in [2.05, 4.69) is 5.32 Å². The van der Waals surface area contributed by atoms with Crippen LogP contribution in [0.2, 0.25) is 0 Å². The summed E-state index contributed by atoms with van der Waals surface area (Å²) in [6, 6.07) is 4.98. The molecule has 1 heterocycles. The molecule has 1 aliphatic rings. The Kier molecular flexibility index (Phi) is 2.04. The number of hydrogen-bond acceptors (Lipinski definition) is 3. The van der Waals surface area contributed by atoms with Crippen LogP contribution in [0, 0.1) is 0 Å². The molecule has 0 saturated heterocycles. The van der Waals surface area contributed by atoms with Crippen LogP contribution in [0.1, 0.15) is 6.92 Å². The van der Waals surface area contributed by atoms with Crippen molar-refractivity contribution in [2.75, 3.05) is 23.3 Å². The first kappa shape index (κ1) is 8.87. The molecule has 2 N–H and O–H groups in total. The Morgan fingerprint density at radius 2 is 2.36 bits per heavy atom. The van der Waals surface area contributed by atoms with Gasteiger partial charge in [-0.05, 0) is 12.1 Å². The second-order valence-electron chi connectivity index (χ2n) is 3.30. The summed E-state index contributed by atoms with van der Waals surface area (Å²) >= 11 is 0. The fraction of sp³-hybridized carbons (Fsp3) is 0.300. The van der Waals surface area contributed by atoms with E-state index in [1.165, 1.54) is 6.92 Å². The minimum Gasteiger partial charge on any atom is -0.508 e. The predicted octanol–water partition coefficient (Wildman–Crippen LogP) is 1.17. The number of hydrogen-bond donors (Lipinski definition) is 2. The van der Waals surface area contributed by atoms with E-state index in [1.54, 1.807) is 23.1 Å². The minimum atomic E-state index is -0.00153. The lowest BCUT2D eigenvalue weighted by Gasteiger charge is -2.29. The first-order valence-corrected chi connectivity index (χ1v) is 4.53. The summed E-state index contributed by atoms with van der Waals surface area (Å²) < 4.78 is 0. The number of benzene rings is 1. The molecule has 0 radical (unpaired) electrons. The summed E-state index contributed by atoms with van der Waals surface area (Å²) in [6.07, 6.45) is 0. The molecule has 1 aliphatic heterocycles. The van der Waals surface area contributed by atoms with Crippen LogP contribution in [0.3, 0.4) is 0 Å². The molecular formula is C10H12N2O2. The number of nitrogens with one attached hydrogen (secondary N) is 1. The quantitative estimate of drug-likeness (QED) is 0.607. The molecule has 1 aromatic carbocycles. The number of carbonyl (C=O) groups is 1. The third kappa shape index (κ3) is 1.39. The predicted molar refractivity (Wildman–Crippen MR) is 54.6 cm³/mol. The Hall–Kier alpha value is -1.71. The number of phenolic OH excluding ortho intramolecular Hbond substituents is 1. The van der Waals surface area contributed by atoms with Crippen molar-refractivity contribution < 1.29 is 9.90 Å². The zero-order valence-corrected chi connectivity index (χ0v) is 7.95. The average Bonchev–Trinajstić information content (AvgIpc) is 2.16. The Balaban J connectivity index is 2.46. The lowest BCUT2D eigenvalue weighted by atomic mass is 10.2. The van der Waals surface area contributed by atoms with Crippen LogP contribution >= 0.6 is 0 Å². The summed E-state index contributed by atoms with van der Waals surface area (Å²) in [5, 5.41) is 12.5. The Morgan fingerprint density at radius 3 is 3.07 bits per heavy atom. The molecule has 14 heavy (non-hydrogen) atoms. The smallest absolute Gasteiger partial charge is 0.223 e. The lowest BCUT2D eigenvalue weighted by Crippen LogP contribution is -2.37. The van der Waals surface area contributed by atoms with Crippen molar-refractivity contribution in [1.29, 1.82) is 0 Å². The molecule has 0 spiro atoms.